The van der Waals surface area contributed by atoms with Gasteiger partial charge in [0, 0.05) is 6.42 Å². The normalized spacial score (nSPS) is 14.8. The van der Waals surface area contributed by atoms with E-state index in [-0.39, 0.29) is 19.1 Å². The van der Waals surface area contributed by atoms with Crippen LogP contribution in [0.25, 0.3) is 0 Å². The van der Waals surface area contributed by atoms with Crippen molar-refractivity contribution in [3.05, 3.63) is 24.3 Å². The number of nitrogens with one attached hydrogen (secondary N) is 1. The van der Waals surface area contributed by atoms with E-state index in [4.69, 9.17) is 9.05 Å². The van der Waals surface area contributed by atoms with Crippen LogP contribution in [-0.4, -0.2) is 73.4 Å². The molecule has 0 rings (SSSR count). The number of rotatable bonds is 37. The van der Waals surface area contributed by atoms with Crippen molar-refractivity contribution in [2.45, 2.75) is 193 Å². The zero-order chi connectivity index (χ0) is 37.2. The molecule has 0 fully saturated rings. The van der Waals surface area contributed by atoms with Crippen LogP contribution in [0.3, 0.4) is 0 Å². The number of hydrogen-bond donors (Lipinski definition) is 3. The topological polar surface area (TPSA) is 105 Å². The number of unbranched alkanes of at least 4 members (excludes halogenated alkanes) is 20. The van der Waals surface area contributed by atoms with Crippen molar-refractivity contribution in [2.24, 2.45) is 0 Å². The molecule has 9 heteroatoms. The third-order valence-electron chi connectivity index (χ3n) is 9.20. The lowest BCUT2D eigenvalue weighted by atomic mass is 10.0. The van der Waals surface area contributed by atoms with Gasteiger partial charge in [-0.3, -0.25) is 13.8 Å². The van der Waals surface area contributed by atoms with E-state index in [9.17, 15) is 19.4 Å². The minimum absolute atomic E-state index is 0.0731. The van der Waals surface area contributed by atoms with Crippen LogP contribution in [0.1, 0.15) is 181 Å². The number of phosphoric acid groups is 1. The van der Waals surface area contributed by atoms with Crippen LogP contribution in [0, 0.1) is 0 Å². The molecule has 0 saturated carbocycles. The average Bonchev–Trinajstić information content (AvgIpc) is 3.06. The molecule has 0 saturated heterocycles. The lowest BCUT2D eigenvalue weighted by Gasteiger charge is -2.26. The maximum atomic E-state index is 12.8. The van der Waals surface area contributed by atoms with Crippen molar-refractivity contribution in [2.75, 3.05) is 40.9 Å². The summed E-state index contributed by atoms with van der Waals surface area (Å²) in [5.74, 6) is -0.155. The molecule has 0 bridgehead atoms. The van der Waals surface area contributed by atoms with Gasteiger partial charge in [-0.1, -0.05) is 154 Å². The first-order chi connectivity index (χ1) is 24.0. The Hall–Kier alpha value is -1.02. The summed E-state index contributed by atoms with van der Waals surface area (Å²) in [7, 11) is 1.61. The van der Waals surface area contributed by atoms with E-state index in [1.54, 1.807) is 0 Å². The standard InChI is InChI=1S/C41H81N2O6P/c1-6-8-10-12-14-16-18-19-20-21-22-23-24-25-27-29-31-33-35-41(45)42-39(38-49-50(46,47)48-37-36-43(3,4)5)40(44)34-32-30-28-26-17-15-13-11-9-7-2/h16,18,20-21,39-40,44H,6-15,17,19,22-38H2,1-5H3,(H-,42,45,46,47)/p+1/b18-16-,21-20-. The highest BCUT2D eigenvalue weighted by Crippen LogP contribution is 2.43. The van der Waals surface area contributed by atoms with Gasteiger partial charge in [-0.2, -0.15) is 0 Å². The number of phosphoric ester groups is 1. The van der Waals surface area contributed by atoms with E-state index in [2.05, 4.69) is 43.5 Å². The lowest BCUT2D eigenvalue weighted by molar-refractivity contribution is -0.870. The van der Waals surface area contributed by atoms with Gasteiger partial charge in [-0.05, 0) is 44.9 Å². The van der Waals surface area contributed by atoms with Crippen molar-refractivity contribution < 1.29 is 32.9 Å². The van der Waals surface area contributed by atoms with Gasteiger partial charge in [-0.15, -0.1) is 0 Å². The molecule has 0 heterocycles. The van der Waals surface area contributed by atoms with Crippen LogP contribution >= 0.6 is 7.82 Å². The minimum atomic E-state index is -4.31. The predicted molar refractivity (Wildman–Crippen MR) is 212 cm³/mol. The van der Waals surface area contributed by atoms with Gasteiger partial charge in [0.25, 0.3) is 0 Å². The Kier molecular flexibility index (Phi) is 33.1. The number of hydrogen-bond acceptors (Lipinski definition) is 5. The largest absolute Gasteiger partial charge is 0.472 e. The number of nitrogens with zero attached hydrogens (tertiary/aromatic N) is 1. The summed E-state index contributed by atoms with van der Waals surface area (Å²) in [6.07, 6.45) is 37.7. The first kappa shape index (κ1) is 49.0. The quantitative estimate of drug-likeness (QED) is 0.0254. The molecule has 0 aliphatic carbocycles. The van der Waals surface area contributed by atoms with Crippen LogP contribution in [0.4, 0.5) is 0 Å². The minimum Gasteiger partial charge on any atom is -0.391 e. The highest BCUT2D eigenvalue weighted by Gasteiger charge is 2.28. The Labute approximate surface area is 309 Å². The lowest BCUT2D eigenvalue weighted by Crippen LogP contribution is -2.46. The third-order valence-corrected chi connectivity index (χ3v) is 10.2. The monoisotopic (exact) mass is 730 g/mol. The van der Waals surface area contributed by atoms with Crippen molar-refractivity contribution in [3.63, 3.8) is 0 Å². The van der Waals surface area contributed by atoms with Crippen LogP contribution < -0.4 is 5.32 Å². The van der Waals surface area contributed by atoms with Gasteiger partial charge in [-0.25, -0.2) is 4.57 Å². The van der Waals surface area contributed by atoms with E-state index in [0.717, 1.165) is 51.4 Å². The molecule has 1 amide bonds. The molecule has 0 aromatic carbocycles. The van der Waals surface area contributed by atoms with Crippen LogP contribution in [0.15, 0.2) is 24.3 Å². The Morgan fingerprint density at radius 2 is 1.14 bits per heavy atom. The summed E-state index contributed by atoms with van der Waals surface area (Å²) >= 11 is 0. The van der Waals surface area contributed by atoms with Gasteiger partial charge in [0.1, 0.15) is 13.2 Å². The molecule has 296 valence electrons. The van der Waals surface area contributed by atoms with E-state index >= 15 is 0 Å². The van der Waals surface area contributed by atoms with Gasteiger partial charge in [0.15, 0.2) is 0 Å². The smallest absolute Gasteiger partial charge is 0.391 e. The van der Waals surface area contributed by atoms with Crippen molar-refractivity contribution >= 4 is 13.7 Å². The van der Waals surface area contributed by atoms with E-state index in [1.807, 2.05) is 21.1 Å². The number of aliphatic hydroxyl groups is 1. The summed E-state index contributed by atoms with van der Waals surface area (Å²) in [5, 5.41) is 13.9. The summed E-state index contributed by atoms with van der Waals surface area (Å²) in [6, 6.07) is -0.760. The third kappa shape index (κ3) is 35.4. The second kappa shape index (κ2) is 33.8. The summed E-state index contributed by atoms with van der Waals surface area (Å²) in [4.78, 5) is 23.0. The number of aliphatic hydroxyl groups excluding tert-OH is 1. The fourth-order valence-electron chi connectivity index (χ4n) is 5.84. The van der Waals surface area contributed by atoms with E-state index in [1.165, 1.54) is 103 Å². The second-order valence-electron chi connectivity index (χ2n) is 15.4. The summed E-state index contributed by atoms with van der Waals surface area (Å²) in [6.45, 7) is 4.84. The molecule has 3 unspecified atom stereocenters. The number of allylic oxidation sites excluding steroid dienone is 4. The zero-order valence-corrected chi connectivity index (χ0v) is 34.3. The van der Waals surface area contributed by atoms with E-state index in [0.29, 0.717) is 23.9 Å². The number of carbonyl (C=O) groups is 1. The number of likely N-dealkylation sites (N-methyl/N-ethyl adjacent to an activating group) is 1. The average molecular weight is 730 g/mol. The molecule has 0 aliphatic rings. The fourth-order valence-corrected chi connectivity index (χ4v) is 6.57. The second-order valence-corrected chi connectivity index (χ2v) is 16.8. The summed E-state index contributed by atoms with van der Waals surface area (Å²) in [5.41, 5.74) is 0. The Morgan fingerprint density at radius 1 is 0.680 bits per heavy atom. The van der Waals surface area contributed by atoms with Crippen LogP contribution in [-0.2, 0) is 18.4 Å². The van der Waals surface area contributed by atoms with Gasteiger partial charge >= 0.3 is 7.82 Å². The van der Waals surface area contributed by atoms with Gasteiger partial charge in [0.2, 0.25) is 5.91 Å². The predicted octanol–water partition coefficient (Wildman–Crippen LogP) is 11.0. The number of quaternary nitrogens is 1. The first-order valence-corrected chi connectivity index (χ1v) is 22.2. The van der Waals surface area contributed by atoms with E-state index < -0.39 is 20.0 Å². The molecule has 0 aromatic heterocycles. The molecule has 0 aliphatic heterocycles. The number of amides is 1. The molecular weight excluding hydrogens is 647 g/mol. The molecule has 0 radical (unpaired) electrons. The molecule has 50 heavy (non-hydrogen) atoms. The maximum absolute atomic E-state index is 12.8. The molecule has 0 spiro atoms. The first-order valence-electron chi connectivity index (χ1n) is 20.7. The fraction of sp³-hybridized carbons (Fsp3) is 0.878. The highest BCUT2D eigenvalue weighted by atomic mass is 31.2. The highest BCUT2D eigenvalue weighted by molar-refractivity contribution is 7.47. The molecule has 0 aromatic rings. The zero-order valence-electron chi connectivity index (χ0n) is 33.4. The maximum Gasteiger partial charge on any atom is 0.472 e. The Bertz CT molecular complexity index is 876. The molecular formula is C41H82N2O6P+. The van der Waals surface area contributed by atoms with Crippen molar-refractivity contribution in [3.8, 4) is 0 Å². The van der Waals surface area contributed by atoms with Crippen LogP contribution in [0.5, 0.6) is 0 Å². The van der Waals surface area contributed by atoms with Crippen molar-refractivity contribution in [1.29, 1.82) is 0 Å². The molecule has 3 N–H and O–H groups in total. The summed E-state index contributed by atoms with van der Waals surface area (Å²) < 4.78 is 23.5. The Morgan fingerprint density at radius 3 is 1.66 bits per heavy atom. The molecule has 3 atom stereocenters. The SMILES string of the molecule is CCCCCC/C=C\C/C=C\CCCCCCCCCC(=O)NC(COP(=O)(O)OCC[N+](C)(C)C)C(O)CCCCCCCCCCCC. The van der Waals surface area contributed by atoms with Crippen molar-refractivity contribution in [1.82, 2.24) is 5.32 Å². The van der Waals surface area contributed by atoms with Crippen LogP contribution in [0.2, 0.25) is 0 Å². The molecule has 8 nitrogen and oxygen atoms in total. The number of carbonyl (C=O) groups excluding carboxylic acids is 1. The van der Waals surface area contributed by atoms with Gasteiger partial charge in [0.05, 0.1) is 39.9 Å². The van der Waals surface area contributed by atoms with Gasteiger partial charge < -0.3 is 19.8 Å². The Balaban J connectivity index is 4.37.